The van der Waals surface area contributed by atoms with E-state index in [1.807, 2.05) is 58.2 Å². The van der Waals surface area contributed by atoms with Crippen LogP contribution in [0.15, 0.2) is 33.8 Å². The van der Waals surface area contributed by atoms with E-state index in [1.54, 1.807) is 0 Å². The van der Waals surface area contributed by atoms with Crippen LogP contribution in [0.3, 0.4) is 0 Å². The van der Waals surface area contributed by atoms with Gasteiger partial charge in [0.2, 0.25) is 11.7 Å². The number of benzene rings is 1. The molecule has 3 aromatic rings. The maximum atomic E-state index is 12.3. The number of thioether (sulfide) groups is 1. The van der Waals surface area contributed by atoms with Crippen molar-refractivity contribution in [3.63, 3.8) is 0 Å². The summed E-state index contributed by atoms with van der Waals surface area (Å²) in [5, 5.41) is 12.0. The fourth-order valence-corrected chi connectivity index (χ4v) is 3.23. The Morgan fingerprint density at radius 3 is 2.57 bits per heavy atom. The second kappa shape index (κ2) is 7.67. The highest BCUT2D eigenvalue weighted by molar-refractivity contribution is 7.98. The van der Waals surface area contributed by atoms with E-state index in [2.05, 4.69) is 20.6 Å². The molecule has 0 saturated heterocycles. The number of carbonyl (C=O) groups excluding carboxylic acids is 1. The lowest BCUT2D eigenvalue weighted by molar-refractivity contribution is -0.123. The second-order valence-electron chi connectivity index (χ2n) is 7.51. The van der Waals surface area contributed by atoms with Gasteiger partial charge in [0.25, 0.3) is 5.89 Å². The number of aromatic nitrogens is 4. The van der Waals surface area contributed by atoms with Crippen LogP contribution in [0, 0.1) is 6.92 Å². The molecule has 0 radical (unpaired) electrons. The molecule has 0 fully saturated rings. The minimum absolute atomic E-state index is 0.00954. The predicted octanol–water partition coefficient (Wildman–Crippen LogP) is 3.13. The third-order valence-electron chi connectivity index (χ3n) is 3.91. The Bertz CT molecular complexity index is 985. The van der Waals surface area contributed by atoms with Gasteiger partial charge in [-0.2, -0.15) is 10.1 Å². The summed E-state index contributed by atoms with van der Waals surface area (Å²) in [7, 11) is 0. The van der Waals surface area contributed by atoms with Crippen molar-refractivity contribution in [3.8, 4) is 22.8 Å². The minimum atomic E-state index is -0.334. The summed E-state index contributed by atoms with van der Waals surface area (Å²) in [5.41, 5.74) is 8.48. The van der Waals surface area contributed by atoms with Gasteiger partial charge in [0.1, 0.15) is 23.0 Å². The molecule has 148 valence electrons. The molecule has 0 aliphatic carbocycles. The smallest absolute Gasteiger partial charge is 0.264 e. The first-order chi connectivity index (χ1) is 13.2. The van der Waals surface area contributed by atoms with Gasteiger partial charge in [0.15, 0.2) is 0 Å². The van der Waals surface area contributed by atoms with E-state index in [9.17, 15) is 4.79 Å². The molecule has 8 nitrogen and oxygen atoms in total. The molecule has 0 bridgehead atoms. The van der Waals surface area contributed by atoms with Crippen molar-refractivity contribution >= 4 is 23.5 Å². The Hall–Kier alpha value is -2.81. The van der Waals surface area contributed by atoms with Gasteiger partial charge >= 0.3 is 0 Å². The molecule has 1 aromatic carbocycles. The van der Waals surface area contributed by atoms with Crippen molar-refractivity contribution < 1.29 is 9.32 Å². The summed E-state index contributed by atoms with van der Waals surface area (Å²) >= 11 is 1.40. The molecule has 3 N–H and O–H groups in total. The number of nitrogens with zero attached hydrogens (tertiary/aromatic N) is 4. The zero-order valence-electron chi connectivity index (χ0n) is 16.6. The van der Waals surface area contributed by atoms with Crippen LogP contribution in [0.5, 0.6) is 0 Å². The molecule has 1 amide bonds. The molecule has 28 heavy (non-hydrogen) atoms. The molecule has 9 heteroatoms. The molecule has 0 saturated carbocycles. The summed E-state index contributed by atoms with van der Waals surface area (Å²) in [5.74, 6) is 0.888. The van der Waals surface area contributed by atoms with E-state index < -0.39 is 0 Å². The maximum absolute atomic E-state index is 12.3. The number of amides is 1. The van der Waals surface area contributed by atoms with E-state index in [-0.39, 0.29) is 23.9 Å². The van der Waals surface area contributed by atoms with E-state index in [4.69, 9.17) is 10.3 Å². The number of nitrogens with one attached hydrogen (secondary N) is 1. The highest BCUT2D eigenvalue weighted by Gasteiger charge is 2.24. The highest BCUT2D eigenvalue weighted by atomic mass is 32.2. The summed E-state index contributed by atoms with van der Waals surface area (Å²) < 4.78 is 6.91. The molecular formula is C19H24N6O2S. The predicted molar refractivity (Wildman–Crippen MR) is 110 cm³/mol. The summed E-state index contributed by atoms with van der Waals surface area (Å²) in [6.07, 6.45) is 1.88. The first-order valence-corrected chi connectivity index (χ1v) is 10.0. The van der Waals surface area contributed by atoms with Gasteiger partial charge < -0.3 is 15.6 Å². The van der Waals surface area contributed by atoms with Crippen molar-refractivity contribution in [3.05, 3.63) is 29.8 Å². The van der Waals surface area contributed by atoms with Gasteiger partial charge in [-0.25, -0.2) is 4.68 Å². The number of rotatable bonds is 5. The maximum Gasteiger partial charge on any atom is 0.264 e. The molecule has 0 spiro atoms. The van der Waals surface area contributed by atoms with Crippen molar-refractivity contribution in [1.82, 2.24) is 25.2 Å². The summed E-state index contributed by atoms with van der Waals surface area (Å²) in [6, 6.07) is 7.84. The Balaban J connectivity index is 1.91. The van der Waals surface area contributed by atoms with Crippen LogP contribution in [0.4, 0.5) is 5.82 Å². The zero-order valence-corrected chi connectivity index (χ0v) is 17.4. The molecular weight excluding hydrogens is 376 g/mol. The summed E-state index contributed by atoms with van der Waals surface area (Å²) in [4.78, 5) is 16.7. The number of nitrogens with two attached hydrogens (primary N) is 1. The fraction of sp³-hybridized carbons (Fsp3) is 0.368. The standard InChI is InChI=1S/C19H24N6O2S/c1-11-6-8-12(9-7-11)16-21-17(27-24-16)14-15(20)25(23-18(14)28-5)10-13(26)22-19(2,3)4/h6-9H,10,20H2,1-5H3,(H,22,26). The number of aryl methyl sites for hydroxylation is 1. The van der Waals surface area contributed by atoms with Crippen molar-refractivity contribution in [1.29, 1.82) is 0 Å². The average Bonchev–Trinajstić information content (AvgIpc) is 3.19. The molecule has 2 aromatic heterocycles. The lowest BCUT2D eigenvalue weighted by atomic mass is 10.1. The summed E-state index contributed by atoms with van der Waals surface area (Å²) in [6.45, 7) is 7.78. The number of carbonyl (C=O) groups is 1. The topological polar surface area (TPSA) is 112 Å². The SMILES string of the molecule is CSc1nn(CC(=O)NC(C)(C)C)c(N)c1-c1nc(-c2ccc(C)cc2)no1. The van der Waals surface area contributed by atoms with Crippen molar-refractivity contribution in [2.24, 2.45) is 0 Å². The van der Waals surface area contributed by atoms with Crippen molar-refractivity contribution in [2.45, 2.75) is 44.8 Å². The molecule has 3 rings (SSSR count). The van der Waals surface area contributed by atoms with Crippen LogP contribution in [0.1, 0.15) is 26.3 Å². The Kier molecular flexibility index (Phi) is 5.46. The Morgan fingerprint density at radius 1 is 1.29 bits per heavy atom. The van der Waals surface area contributed by atoms with Gasteiger partial charge in [-0.15, -0.1) is 11.8 Å². The van der Waals surface area contributed by atoms with Gasteiger partial charge in [0.05, 0.1) is 0 Å². The van der Waals surface area contributed by atoms with Gasteiger partial charge in [-0.1, -0.05) is 35.0 Å². The molecule has 0 unspecified atom stereocenters. The highest BCUT2D eigenvalue weighted by Crippen LogP contribution is 2.34. The minimum Gasteiger partial charge on any atom is -0.383 e. The van der Waals surface area contributed by atoms with Crippen molar-refractivity contribution in [2.75, 3.05) is 12.0 Å². The van der Waals surface area contributed by atoms with Crippen LogP contribution >= 0.6 is 11.8 Å². The molecule has 2 heterocycles. The van der Waals surface area contributed by atoms with Crippen LogP contribution in [0.25, 0.3) is 22.8 Å². The van der Waals surface area contributed by atoms with Crippen LogP contribution in [0.2, 0.25) is 0 Å². The lowest BCUT2D eigenvalue weighted by Gasteiger charge is -2.20. The van der Waals surface area contributed by atoms with E-state index in [1.165, 1.54) is 16.4 Å². The number of nitrogen functional groups attached to an aromatic ring is 1. The third kappa shape index (κ3) is 4.36. The van der Waals surface area contributed by atoms with E-state index in [0.717, 1.165) is 11.1 Å². The Labute approximate surface area is 167 Å². The quantitative estimate of drug-likeness (QED) is 0.633. The lowest BCUT2D eigenvalue weighted by Crippen LogP contribution is -2.42. The largest absolute Gasteiger partial charge is 0.383 e. The van der Waals surface area contributed by atoms with Crippen LogP contribution < -0.4 is 11.1 Å². The average molecular weight is 401 g/mol. The van der Waals surface area contributed by atoms with E-state index >= 15 is 0 Å². The first kappa shape index (κ1) is 19.9. The molecule has 0 aliphatic heterocycles. The second-order valence-corrected chi connectivity index (χ2v) is 8.31. The first-order valence-electron chi connectivity index (χ1n) is 8.80. The van der Waals surface area contributed by atoms with E-state index in [0.29, 0.717) is 22.2 Å². The normalized spacial score (nSPS) is 11.6. The third-order valence-corrected chi connectivity index (χ3v) is 4.58. The van der Waals surface area contributed by atoms with Crippen LogP contribution in [-0.4, -0.2) is 37.6 Å². The van der Waals surface area contributed by atoms with Gasteiger partial charge in [-0.3, -0.25) is 4.79 Å². The van der Waals surface area contributed by atoms with Crippen LogP contribution in [-0.2, 0) is 11.3 Å². The zero-order chi connectivity index (χ0) is 20.5. The number of hydrogen-bond donors (Lipinski definition) is 2. The molecule has 0 aliphatic rings. The monoisotopic (exact) mass is 400 g/mol. The number of anilines is 1. The fourth-order valence-electron chi connectivity index (χ4n) is 2.66. The Morgan fingerprint density at radius 2 is 1.96 bits per heavy atom. The number of hydrogen-bond acceptors (Lipinski definition) is 7. The molecule has 0 atom stereocenters. The van der Waals surface area contributed by atoms with Gasteiger partial charge in [-0.05, 0) is 34.0 Å². The van der Waals surface area contributed by atoms with Gasteiger partial charge in [0, 0.05) is 11.1 Å².